The fourth-order valence-corrected chi connectivity index (χ4v) is 4.91. The average molecular weight is 538 g/mol. The molecule has 1 atom stereocenters. The molecule has 3 aromatic carbocycles. The standard InChI is InChI=1S/C27H24BrNO4S/c1-3-31-27(30)18(2)33-23-15-13-22(14-16-23)32-17-24-29-25(26(28)34-24)21-11-9-20(10-12-21)19-7-5-4-6-8-19/h4-16,18H,3,17H2,1-2H3. The molecule has 1 aromatic heterocycles. The highest BCUT2D eigenvalue weighted by Gasteiger charge is 2.16. The lowest BCUT2D eigenvalue weighted by Gasteiger charge is -2.13. The molecule has 7 heteroatoms. The zero-order valence-electron chi connectivity index (χ0n) is 18.9. The highest BCUT2D eigenvalue weighted by Crippen LogP contribution is 2.34. The van der Waals surface area contributed by atoms with E-state index in [1.165, 1.54) is 11.1 Å². The van der Waals surface area contributed by atoms with E-state index < -0.39 is 6.10 Å². The Morgan fingerprint density at radius 2 is 1.53 bits per heavy atom. The smallest absolute Gasteiger partial charge is 0.347 e. The fraction of sp³-hybridized carbons (Fsp3) is 0.185. The van der Waals surface area contributed by atoms with Crippen LogP contribution in [0.25, 0.3) is 22.4 Å². The van der Waals surface area contributed by atoms with Crippen LogP contribution < -0.4 is 9.47 Å². The van der Waals surface area contributed by atoms with Crippen molar-refractivity contribution < 1.29 is 19.0 Å². The van der Waals surface area contributed by atoms with Gasteiger partial charge < -0.3 is 14.2 Å². The maximum absolute atomic E-state index is 11.7. The summed E-state index contributed by atoms with van der Waals surface area (Å²) in [5, 5.41) is 0.866. The molecule has 0 bridgehead atoms. The quantitative estimate of drug-likeness (QED) is 0.212. The number of hydrogen-bond acceptors (Lipinski definition) is 6. The Morgan fingerprint density at radius 1 is 0.912 bits per heavy atom. The zero-order chi connectivity index (χ0) is 23.9. The molecule has 0 aliphatic carbocycles. The van der Waals surface area contributed by atoms with Crippen LogP contribution in [0.5, 0.6) is 11.5 Å². The largest absolute Gasteiger partial charge is 0.486 e. The maximum atomic E-state index is 11.7. The van der Waals surface area contributed by atoms with Crippen LogP contribution in [-0.2, 0) is 16.1 Å². The lowest BCUT2D eigenvalue weighted by atomic mass is 10.0. The van der Waals surface area contributed by atoms with Crippen molar-refractivity contribution in [3.63, 3.8) is 0 Å². The minimum Gasteiger partial charge on any atom is -0.486 e. The number of halogens is 1. The van der Waals surface area contributed by atoms with Gasteiger partial charge in [0.1, 0.15) is 23.1 Å². The van der Waals surface area contributed by atoms with Crippen molar-refractivity contribution in [1.29, 1.82) is 0 Å². The predicted octanol–water partition coefficient (Wildman–Crippen LogP) is 7.15. The van der Waals surface area contributed by atoms with Crippen LogP contribution in [0.3, 0.4) is 0 Å². The summed E-state index contributed by atoms with van der Waals surface area (Å²) in [5.74, 6) is 0.880. The summed E-state index contributed by atoms with van der Waals surface area (Å²) in [6, 6.07) is 25.8. The van der Waals surface area contributed by atoms with Crippen molar-refractivity contribution in [2.24, 2.45) is 0 Å². The number of esters is 1. The Morgan fingerprint density at radius 3 is 2.21 bits per heavy atom. The summed E-state index contributed by atoms with van der Waals surface area (Å²) in [7, 11) is 0. The van der Waals surface area contributed by atoms with E-state index in [-0.39, 0.29) is 5.97 Å². The first-order chi connectivity index (χ1) is 16.5. The molecule has 0 radical (unpaired) electrons. The molecule has 0 aliphatic rings. The highest BCUT2D eigenvalue weighted by molar-refractivity contribution is 9.11. The number of benzene rings is 3. The summed E-state index contributed by atoms with van der Waals surface area (Å²) in [6.07, 6.45) is -0.667. The van der Waals surface area contributed by atoms with Gasteiger partial charge in [-0.1, -0.05) is 54.6 Å². The van der Waals surface area contributed by atoms with E-state index in [2.05, 4.69) is 52.3 Å². The second-order valence-corrected chi connectivity index (χ2v) is 9.85. The van der Waals surface area contributed by atoms with Gasteiger partial charge in [-0.15, -0.1) is 11.3 Å². The third-order valence-corrected chi connectivity index (χ3v) is 6.69. The second kappa shape index (κ2) is 11.3. The van der Waals surface area contributed by atoms with E-state index in [0.29, 0.717) is 24.7 Å². The summed E-state index contributed by atoms with van der Waals surface area (Å²) in [5.41, 5.74) is 4.31. The summed E-state index contributed by atoms with van der Waals surface area (Å²) >= 11 is 5.20. The molecule has 0 N–H and O–H groups in total. The van der Waals surface area contributed by atoms with Gasteiger partial charge in [0.05, 0.1) is 16.1 Å². The Balaban J connectivity index is 1.36. The molecule has 0 saturated heterocycles. The van der Waals surface area contributed by atoms with E-state index in [4.69, 9.17) is 19.2 Å². The normalized spacial score (nSPS) is 11.6. The number of carbonyl (C=O) groups is 1. The van der Waals surface area contributed by atoms with Crippen LogP contribution in [0.4, 0.5) is 0 Å². The zero-order valence-corrected chi connectivity index (χ0v) is 21.3. The molecule has 4 rings (SSSR count). The molecular formula is C27H24BrNO4S. The summed E-state index contributed by atoms with van der Waals surface area (Å²) < 4.78 is 17.4. The molecule has 0 spiro atoms. The number of ether oxygens (including phenoxy) is 3. The molecule has 4 aromatic rings. The van der Waals surface area contributed by atoms with Gasteiger partial charge in [0.2, 0.25) is 0 Å². The number of carbonyl (C=O) groups excluding carboxylic acids is 1. The third-order valence-electron chi connectivity index (χ3n) is 5.01. The lowest BCUT2D eigenvalue weighted by molar-refractivity contribution is -0.150. The third kappa shape index (κ3) is 6.04. The van der Waals surface area contributed by atoms with E-state index in [0.717, 1.165) is 20.1 Å². The van der Waals surface area contributed by atoms with Crippen LogP contribution in [0.2, 0.25) is 0 Å². The number of aromatic nitrogens is 1. The molecule has 5 nitrogen and oxygen atoms in total. The molecule has 174 valence electrons. The van der Waals surface area contributed by atoms with Crippen molar-refractivity contribution in [1.82, 2.24) is 4.98 Å². The van der Waals surface area contributed by atoms with Gasteiger partial charge in [0, 0.05) is 5.56 Å². The minimum atomic E-state index is -0.667. The van der Waals surface area contributed by atoms with Gasteiger partial charge in [0.25, 0.3) is 0 Å². The summed E-state index contributed by atoms with van der Waals surface area (Å²) in [4.78, 5) is 16.5. The number of hydrogen-bond donors (Lipinski definition) is 0. The van der Waals surface area contributed by atoms with Gasteiger partial charge in [-0.05, 0) is 65.2 Å². The fourth-order valence-electron chi connectivity index (χ4n) is 3.31. The van der Waals surface area contributed by atoms with Crippen LogP contribution >= 0.6 is 27.3 Å². The topological polar surface area (TPSA) is 57.7 Å². The molecule has 1 heterocycles. The molecular weight excluding hydrogens is 514 g/mol. The SMILES string of the molecule is CCOC(=O)C(C)Oc1ccc(OCc2nc(-c3ccc(-c4ccccc4)cc3)c(Br)s2)cc1. The van der Waals surface area contributed by atoms with Crippen LogP contribution in [0.15, 0.2) is 82.6 Å². The molecule has 34 heavy (non-hydrogen) atoms. The number of thiazole rings is 1. The van der Waals surface area contributed by atoms with Gasteiger partial charge in [0.15, 0.2) is 6.10 Å². The molecule has 0 amide bonds. The van der Waals surface area contributed by atoms with Gasteiger partial charge in [-0.25, -0.2) is 9.78 Å². The Labute approximate surface area is 211 Å². The maximum Gasteiger partial charge on any atom is 0.347 e. The average Bonchev–Trinajstić information content (AvgIpc) is 3.24. The highest BCUT2D eigenvalue weighted by atomic mass is 79.9. The summed E-state index contributed by atoms with van der Waals surface area (Å²) in [6.45, 7) is 4.11. The molecule has 0 fully saturated rings. The van der Waals surface area contributed by atoms with Crippen molar-refractivity contribution in [3.05, 3.63) is 87.7 Å². The Hall–Kier alpha value is -3.16. The number of rotatable bonds is 9. The van der Waals surface area contributed by atoms with E-state index in [1.807, 2.05) is 18.2 Å². The van der Waals surface area contributed by atoms with Gasteiger partial charge in [-0.3, -0.25) is 0 Å². The molecule has 1 unspecified atom stereocenters. The first-order valence-electron chi connectivity index (χ1n) is 10.9. The van der Waals surface area contributed by atoms with Crippen LogP contribution in [0.1, 0.15) is 18.9 Å². The van der Waals surface area contributed by atoms with Crippen molar-refractivity contribution in [3.8, 4) is 33.9 Å². The van der Waals surface area contributed by atoms with Gasteiger partial charge >= 0.3 is 5.97 Å². The first-order valence-corrected chi connectivity index (χ1v) is 12.5. The van der Waals surface area contributed by atoms with Crippen molar-refractivity contribution in [2.75, 3.05) is 6.61 Å². The predicted molar refractivity (Wildman–Crippen MR) is 138 cm³/mol. The first kappa shape index (κ1) is 24.0. The molecule has 0 saturated carbocycles. The van der Waals surface area contributed by atoms with E-state index in [9.17, 15) is 4.79 Å². The van der Waals surface area contributed by atoms with Crippen LogP contribution in [-0.4, -0.2) is 23.7 Å². The minimum absolute atomic E-state index is 0.326. The Kier molecular flexibility index (Phi) is 7.98. The van der Waals surface area contributed by atoms with Crippen LogP contribution in [0, 0.1) is 0 Å². The monoisotopic (exact) mass is 537 g/mol. The van der Waals surface area contributed by atoms with E-state index >= 15 is 0 Å². The lowest BCUT2D eigenvalue weighted by Crippen LogP contribution is -2.25. The number of nitrogens with zero attached hydrogens (tertiary/aromatic N) is 1. The second-order valence-electron chi connectivity index (χ2n) is 7.45. The van der Waals surface area contributed by atoms with Crippen molar-refractivity contribution in [2.45, 2.75) is 26.6 Å². The molecule has 0 aliphatic heterocycles. The Bertz CT molecular complexity index is 1220. The van der Waals surface area contributed by atoms with E-state index in [1.54, 1.807) is 49.4 Å². The van der Waals surface area contributed by atoms with Crippen molar-refractivity contribution >= 4 is 33.2 Å². The van der Waals surface area contributed by atoms with Gasteiger partial charge in [-0.2, -0.15) is 0 Å².